The van der Waals surface area contributed by atoms with Crippen LogP contribution in [0.25, 0.3) is 11.0 Å². The second-order valence-electron chi connectivity index (χ2n) is 4.65. The third-order valence-corrected chi connectivity index (χ3v) is 3.38. The van der Waals surface area contributed by atoms with E-state index >= 15 is 0 Å². The number of aromatic nitrogens is 4. The van der Waals surface area contributed by atoms with Crippen LogP contribution in [-0.4, -0.2) is 19.5 Å². The zero-order valence-electron chi connectivity index (χ0n) is 11.1. The first-order chi connectivity index (χ1) is 9.25. The van der Waals surface area contributed by atoms with Gasteiger partial charge in [-0.15, -0.1) is 0 Å². The molecular formula is C14H17N5. The van der Waals surface area contributed by atoms with E-state index < -0.39 is 0 Å². The fraction of sp³-hybridized carbons (Fsp3) is 0.286. The molecule has 0 saturated carbocycles. The van der Waals surface area contributed by atoms with Gasteiger partial charge in [0.15, 0.2) is 0 Å². The van der Waals surface area contributed by atoms with Crippen molar-refractivity contribution in [1.29, 1.82) is 0 Å². The quantitative estimate of drug-likeness (QED) is 0.751. The first-order valence-electron chi connectivity index (χ1n) is 6.38. The number of hydrogen-bond acceptors (Lipinski definition) is 3. The Kier molecular flexibility index (Phi) is 3.05. The molecule has 5 heteroatoms. The first-order valence-corrected chi connectivity index (χ1v) is 6.38. The number of nitrogens with zero attached hydrogens (tertiary/aromatic N) is 3. The normalized spacial score (nSPS) is 12.9. The Morgan fingerprint density at radius 2 is 2.21 bits per heavy atom. The summed E-state index contributed by atoms with van der Waals surface area (Å²) in [5, 5.41) is 3.43. The Morgan fingerprint density at radius 1 is 1.37 bits per heavy atom. The fourth-order valence-corrected chi connectivity index (χ4v) is 2.21. The van der Waals surface area contributed by atoms with Crippen LogP contribution >= 0.6 is 0 Å². The summed E-state index contributed by atoms with van der Waals surface area (Å²) in [6.07, 6.45) is 3.60. The minimum Gasteiger partial charge on any atom is -0.347 e. The Labute approximate surface area is 111 Å². The molecule has 0 fully saturated rings. The third-order valence-electron chi connectivity index (χ3n) is 3.38. The van der Waals surface area contributed by atoms with Crippen molar-refractivity contribution in [2.24, 2.45) is 7.05 Å². The van der Waals surface area contributed by atoms with Gasteiger partial charge in [0.25, 0.3) is 0 Å². The lowest BCUT2D eigenvalue weighted by Crippen LogP contribution is -2.21. The van der Waals surface area contributed by atoms with Crippen LogP contribution in [0.5, 0.6) is 0 Å². The number of nitrogens with one attached hydrogen (secondary N) is 2. The van der Waals surface area contributed by atoms with Crippen LogP contribution in [0.4, 0.5) is 0 Å². The molecule has 3 rings (SSSR count). The van der Waals surface area contributed by atoms with Gasteiger partial charge in [-0.3, -0.25) is 0 Å². The second kappa shape index (κ2) is 4.85. The molecule has 1 unspecified atom stereocenters. The second-order valence-corrected chi connectivity index (χ2v) is 4.65. The predicted octanol–water partition coefficient (Wildman–Crippen LogP) is 2.15. The number of hydrogen-bond donors (Lipinski definition) is 2. The van der Waals surface area contributed by atoms with Crippen molar-refractivity contribution in [2.75, 3.05) is 0 Å². The van der Waals surface area contributed by atoms with E-state index in [4.69, 9.17) is 0 Å². The topological polar surface area (TPSA) is 58.5 Å². The summed E-state index contributed by atoms with van der Waals surface area (Å²) in [5.41, 5.74) is 2.19. The molecule has 0 aliphatic rings. The molecule has 0 radical (unpaired) electrons. The molecule has 1 atom stereocenters. The van der Waals surface area contributed by atoms with Gasteiger partial charge >= 0.3 is 0 Å². The summed E-state index contributed by atoms with van der Waals surface area (Å²) in [6, 6.07) is 8.34. The first kappa shape index (κ1) is 11.9. The van der Waals surface area contributed by atoms with Gasteiger partial charge in [-0.1, -0.05) is 12.1 Å². The summed E-state index contributed by atoms with van der Waals surface area (Å²) >= 11 is 0. The highest BCUT2D eigenvalue weighted by molar-refractivity contribution is 5.75. The lowest BCUT2D eigenvalue weighted by atomic mass is 10.3. The van der Waals surface area contributed by atoms with Crippen molar-refractivity contribution in [2.45, 2.75) is 19.5 Å². The Bertz CT molecular complexity index is 668. The number of rotatable bonds is 4. The van der Waals surface area contributed by atoms with E-state index in [2.05, 4.69) is 37.8 Å². The number of aromatic amines is 1. The molecule has 5 nitrogen and oxygen atoms in total. The summed E-state index contributed by atoms with van der Waals surface area (Å²) in [5.74, 6) is 1.97. The van der Waals surface area contributed by atoms with Crippen molar-refractivity contribution in [3.8, 4) is 0 Å². The number of imidazole rings is 2. The molecule has 1 aromatic carbocycles. The van der Waals surface area contributed by atoms with Crippen molar-refractivity contribution in [3.05, 3.63) is 48.3 Å². The summed E-state index contributed by atoms with van der Waals surface area (Å²) in [4.78, 5) is 12.0. The molecule has 98 valence electrons. The van der Waals surface area contributed by atoms with Crippen LogP contribution in [0.3, 0.4) is 0 Å². The molecule has 2 heterocycles. The van der Waals surface area contributed by atoms with E-state index in [0.717, 1.165) is 22.7 Å². The fourth-order valence-electron chi connectivity index (χ4n) is 2.21. The highest BCUT2D eigenvalue weighted by Gasteiger charge is 2.10. The molecule has 2 aromatic heterocycles. The molecule has 2 N–H and O–H groups in total. The SMILES string of the molecule is CC(NCc1nc2ccccc2n1C)c1ncc[nH]1. The van der Waals surface area contributed by atoms with Gasteiger partial charge in [0, 0.05) is 19.4 Å². The molecular weight excluding hydrogens is 238 g/mol. The molecule has 0 aliphatic carbocycles. The van der Waals surface area contributed by atoms with Gasteiger partial charge in [-0.2, -0.15) is 0 Å². The smallest absolute Gasteiger partial charge is 0.123 e. The van der Waals surface area contributed by atoms with E-state index in [-0.39, 0.29) is 6.04 Å². The molecule has 19 heavy (non-hydrogen) atoms. The Balaban J connectivity index is 1.77. The van der Waals surface area contributed by atoms with Crippen molar-refractivity contribution in [1.82, 2.24) is 24.8 Å². The lowest BCUT2D eigenvalue weighted by Gasteiger charge is -2.11. The highest BCUT2D eigenvalue weighted by atomic mass is 15.1. The number of para-hydroxylation sites is 2. The maximum absolute atomic E-state index is 4.64. The zero-order valence-corrected chi connectivity index (χ0v) is 11.1. The van der Waals surface area contributed by atoms with Gasteiger partial charge in [0.05, 0.1) is 23.6 Å². The van der Waals surface area contributed by atoms with Crippen LogP contribution in [0, 0.1) is 0 Å². The van der Waals surface area contributed by atoms with E-state index in [0.29, 0.717) is 6.54 Å². The largest absolute Gasteiger partial charge is 0.347 e. The lowest BCUT2D eigenvalue weighted by molar-refractivity contribution is 0.531. The van der Waals surface area contributed by atoms with E-state index in [1.165, 1.54) is 0 Å². The van der Waals surface area contributed by atoms with Gasteiger partial charge in [-0.25, -0.2) is 9.97 Å². The van der Waals surface area contributed by atoms with Crippen molar-refractivity contribution < 1.29 is 0 Å². The maximum Gasteiger partial charge on any atom is 0.123 e. The van der Waals surface area contributed by atoms with Crippen LogP contribution in [0.2, 0.25) is 0 Å². The number of benzene rings is 1. The maximum atomic E-state index is 4.64. The summed E-state index contributed by atoms with van der Waals surface area (Å²) in [6.45, 7) is 2.80. The minimum atomic E-state index is 0.176. The molecule has 0 saturated heterocycles. The highest BCUT2D eigenvalue weighted by Crippen LogP contribution is 2.15. The standard InChI is InChI=1S/C14H17N5/c1-10(14-15-7-8-16-14)17-9-13-18-11-5-3-4-6-12(11)19(13)2/h3-8,10,17H,9H2,1-2H3,(H,15,16). The minimum absolute atomic E-state index is 0.176. The average Bonchev–Trinajstić information content (AvgIpc) is 3.05. The van der Waals surface area contributed by atoms with Crippen LogP contribution in [-0.2, 0) is 13.6 Å². The van der Waals surface area contributed by atoms with Gasteiger partial charge in [0.1, 0.15) is 11.6 Å². The summed E-state index contributed by atoms with van der Waals surface area (Å²) < 4.78 is 2.12. The summed E-state index contributed by atoms with van der Waals surface area (Å²) in [7, 11) is 2.05. The molecule has 0 amide bonds. The third kappa shape index (κ3) is 2.24. The molecule has 0 bridgehead atoms. The van der Waals surface area contributed by atoms with Crippen LogP contribution < -0.4 is 5.32 Å². The number of fused-ring (bicyclic) bond motifs is 1. The molecule has 0 spiro atoms. The van der Waals surface area contributed by atoms with Gasteiger partial charge in [0.2, 0.25) is 0 Å². The number of aryl methyl sites for hydroxylation is 1. The number of H-pyrrole nitrogens is 1. The predicted molar refractivity (Wildman–Crippen MR) is 74.6 cm³/mol. The van der Waals surface area contributed by atoms with Crippen molar-refractivity contribution >= 4 is 11.0 Å². The monoisotopic (exact) mass is 255 g/mol. The molecule has 3 aromatic rings. The van der Waals surface area contributed by atoms with Gasteiger partial charge in [-0.05, 0) is 19.1 Å². The van der Waals surface area contributed by atoms with Crippen molar-refractivity contribution in [3.63, 3.8) is 0 Å². The Morgan fingerprint density at radius 3 is 2.95 bits per heavy atom. The average molecular weight is 255 g/mol. The van der Waals surface area contributed by atoms with Crippen LogP contribution in [0.1, 0.15) is 24.6 Å². The zero-order chi connectivity index (χ0) is 13.2. The van der Waals surface area contributed by atoms with E-state index in [1.54, 1.807) is 6.20 Å². The van der Waals surface area contributed by atoms with E-state index in [9.17, 15) is 0 Å². The van der Waals surface area contributed by atoms with Crippen LogP contribution in [0.15, 0.2) is 36.7 Å². The molecule has 0 aliphatic heterocycles. The van der Waals surface area contributed by atoms with E-state index in [1.807, 2.05) is 31.4 Å². The van der Waals surface area contributed by atoms with Gasteiger partial charge < -0.3 is 14.9 Å². The Hall–Kier alpha value is -2.14.